The molecule has 168 valence electrons. The van der Waals surface area contributed by atoms with Gasteiger partial charge < -0.3 is 14.6 Å². The van der Waals surface area contributed by atoms with Crippen LogP contribution in [0.1, 0.15) is 27.9 Å². The van der Waals surface area contributed by atoms with Gasteiger partial charge in [-0.3, -0.25) is 9.69 Å². The van der Waals surface area contributed by atoms with Crippen molar-refractivity contribution in [3.05, 3.63) is 77.9 Å². The maximum atomic E-state index is 12.7. The topological polar surface area (TPSA) is 61.6 Å². The van der Waals surface area contributed by atoms with Crippen LogP contribution in [-0.2, 0) is 12.7 Å². The first kappa shape index (κ1) is 21.9. The summed E-state index contributed by atoms with van der Waals surface area (Å²) in [6, 6.07) is 9.67. The minimum Gasteiger partial charge on any atom is -0.472 e. The maximum absolute atomic E-state index is 12.7. The van der Waals surface area contributed by atoms with Crippen LogP contribution in [0.4, 0.5) is 24.7 Å². The standard InChI is InChI=1S/C23H23F3N4O2/c24-23(25,26)19-4-2-18(3-5-19)22(31)28-20-6-7-21(27-14-20)30-10-1-9-29(11-12-30)15-17-8-13-32-16-17/h2-8,13-14,16H,1,9-12,15H2,(H,28,31). The van der Waals surface area contributed by atoms with Crippen LogP contribution in [0.5, 0.6) is 0 Å². The van der Waals surface area contributed by atoms with Crippen LogP contribution in [0.3, 0.4) is 0 Å². The number of carbonyl (C=O) groups excluding carboxylic acids is 1. The molecule has 0 saturated carbocycles. The zero-order valence-corrected chi connectivity index (χ0v) is 17.3. The summed E-state index contributed by atoms with van der Waals surface area (Å²) >= 11 is 0. The lowest BCUT2D eigenvalue weighted by atomic mass is 10.1. The van der Waals surface area contributed by atoms with E-state index >= 15 is 0 Å². The van der Waals surface area contributed by atoms with Gasteiger partial charge in [-0.2, -0.15) is 13.2 Å². The number of anilines is 2. The van der Waals surface area contributed by atoms with Crippen molar-refractivity contribution in [3.8, 4) is 0 Å². The number of amides is 1. The fourth-order valence-electron chi connectivity index (χ4n) is 3.66. The van der Waals surface area contributed by atoms with E-state index in [-0.39, 0.29) is 5.56 Å². The maximum Gasteiger partial charge on any atom is 0.416 e. The lowest BCUT2D eigenvalue weighted by Crippen LogP contribution is -2.30. The average Bonchev–Trinajstić information content (AvgIpc) is 3.18. The van der Waals surface area contributed by atoms with Crippen LogP contribution in [-0.4, -0.2) is 42.0 Å². The zero-order chi connectivity index (χ0) is 22.6. The summed E-state index contributed by atoms with van der Waals surface area (Å²) < 4.78 is 43.2. The third-order valence-electron chi connectivity index (χ3n) is 5.38. The summed E-state index contributed by atoms with van der Waals surface area (Å²) in [5.41, 5.74) is 0.993. The molecule has 0 spiro atoms. The Bertz CT molecular complexity index is 1020. The van der Waals surface area contributed by atoms with Crippen molar-refractivity contribution < 1.29 is 22.4 Å². The number of hydrogen-bond acceptors (Lipinski definition) is 5. The summed E-state index contributed by atoms with van der Waals surface area (Å²) in [5.74, 6) is 0.334. The molecular weight excluding hydrogens is 421 g/mol. The number of nitrogens with zero attached hydrogens (tertiary/aromatic N) is 3. The van der Waals surface area contributed by atoms with Gasteiger partial charge in [-0.15, -0.1) is 0 Å². The number of benzene rings is 1. The van der Waals surface area contributed by atoms with E-state index in [9.17, 15) is 18.0 Å². The minimum atomic E-state index is -4.43. The Hall–Kier alpha value is -3.33. The van der Waals surface area contributed by atoms with Gasteiger partial charge in [-0.05, 0) is 48.9 Å². The van der Waals surface area contributed by atoms with Gasteiger partial charge in [-0.25, -0.2) is 4.98 Å². The van der Waals surface area contributed by atoms with E-state index in [1.807, 2.05) is 12.1 Å². The molecule has 2 aromatic heterocycles. The van der Waals surface area contributed by atoms with Crippen LogP contribution < -0.4 is 10.2 Å². The largest absolute Gasteiger partial charge is 0.472 e. The molecule has 4 rings (SSSR count). The number of carbonyl (C=O) groups is 1. The van der Waals surface area contributed by atoms with E-state index in [4.69, 9.17) is 4.42 Å². The van der Waals surface area contributed by atoms with Crippen LogP contribution in [0.2, 0.25) is 0 Å². The molecule has 1 fully saturated rings. The molecule has 32 heavy (non-hydrogen) atoms. The number of hydrogen-bond donors (Lipinski definition) is 1. The molecule has 1 aliphatic heterocycles. The zero-order valence-electron chi connectivity index (χ0n) is 17.3. The fourth-order valence-corrected chi connectivity index (χ4v) is 3.66. The van der Waals surface area contributed by atoms with E-state index in [1.54, 1.807) is 24.8 Å². The van der Waals surface area contributed by atoms with Crippen molar-refractivity contribution in [2.75, 3.05) is 36.4 Å². The molecule has 1 amide bonds. The third kappa shape index (κ3) is 5.47. The highest BCUT2D eigenvalue weighted by Crippen LogP contribution is 2.29. The van der Waals surface area contributed by atoms with Gasteiger partial charge in [-0.1, -0.05) is 0 Å². The van der Waals surface area contributed by atoms with Gasteiger partial charge in [0.05, 0.1) is 30.0 Å². The summed E-state index contributed by atoms with van der Waals surface area (Å²) in [6.45, 7) is 4.46. The van der Waals surface area contributed by atoms with Crippen molar-refractivity contribution >= 4 is 17.4 Å². The molecule has 0 bridgehead atoms. The SMILES string of the molecule is O=C(Nc1ccc(N2CCCN(Cc3ccoc3)CC2)nc1)c1ccc(C(F)(F)F)cc1. The molecule has 1 N–H and O–H groups in total. The van der Waals surface area contributed by atoms with Crippen LogP contribution in [0.25, 0.3) is 0 Å². The molecular formula is C23H23F3N4O2. The van der Waals surface area contributed by atoms with Gasteiger partial charge >= 0.3 is 6.18 Å². The Morgan fingerprint density at radius 3 is 2.50 bits per heavy atom. The smallest absolute Gasteiger partial charge is 0.416 e. The number of halogens is 3. The van der Waals surface area contributed by atoms with Crippen molar-refractivity contribution in [3.63, 3.8) is 0 Å². The average molecular weight is 444 g/mol. The summed E-state index contributed by atoms with van der Waals surface area (Å²) in [5, 5.41) is 2.67. The molecule has 0 aliphatic carbocycles. The molecule has 0 atom stereocenters. The second kappa shape index (κ2) is 9.44. The lowest BCUT2D eigenvalue weighted by Gasteiger charge is -2.22. The Kier molecular flexibility index (Phi) is 6.45. The molecule has 0 radical (unpaired) electrons. The minimum absolute atomic E-state index is 0.146. The first-order valence-electron chi connectivity index (χ1n) is 10.3. The van der Waals surface area contributed by atoms with Crippen LogP contribution >= 0.6 is 0 Å². The molecule has 6 nitrogen and oxygen atoms in total. The second-order valence-electron chi connectivity index (χ2n) is 7.68. The van der Waals surface area contributed by atoms with E-state index in [0.29, 0.717) is 5.69 Å². The van der Waals surface area contributed by atoms with Crippen molar-refractivity contribution in [1.29, 1.82) is 0 Å². The monoisotopic (exact) mass is 444 g/mol. The predicted molar refractivity (Wildman–Crippen MR) is 114 cm³/mol. The molecule has 9 heteroatoms. The van der Waals surface area contributed by atoms with Crippen LogP contribution in [0, 0.1) is 0 Å². The highest BCUT2D eigenvalue weighted by atomic mass is 19.4. The Morgan fingerprint density at radius 2 is 1.84 bits per heavy atom. The molecule has 0 unspecified atom stereocenters. The van der Waals surface area contributed by atoms with E-state index in [0.717, 1.165) is 74.8 Å². The van der Waals surface area contributed by atoms with E-state index in [1.165, 1.54) is 0 Å². The summed E-state index contributed by atoms with van der Waals surface area (Å²) in [4.78, 5) is 21.4. The number of aromatic nitrogens is 1. The number of rotatable bonds is 5. The fraction of sp³-hybridized carbons (Fsp3) is 0.304. The van der Waals surface area contributed by atoms with E-state index in [2.05, 4.69) is 20.1 Å². The number of nitrogens with one attached hydrogen (secondary N) is 1. The van der Waals surface area contributed by atoms with Crippen molar-refractivity contribution in [1.82, 2.24) is 9.88 Å². The van der Waals surface area contributed by atoms with E-state index < -0.39 is 17.6 Å². The highest BCUT2D eigenvalue weighted by molar-refractivity contribution is 6.04. The number of furan rings is 1. The quantitative estimate of drug-likeness (QED) is 0.620. The Morgan fingerprint density at radius 1 is 1.03 bits per heavy atom. The third-order valence-corrected chi connectivity index (χ3v) is 5.38. The van der Waals surface area contributed by atoms with Gasteiger partial charge in [0, 0.05) is 43.9 Å². The van der Waals surface area contributed by atoms with Gasteiger partial charge in [0.25, 0.3) is 5.91 Å². The van der Waals surface area contributed by atoms with Gasteiger partial charge in [0.15, 0.2) is 0 Å². The number of pyridine rings is 1. The first-order valence-corrected chi connectivity index (χ1v) is 10.3. The lowest BCUT2D eigenvalue weighted by molar-refractivity contribution is -0.137. The molecule has 1 saturated heterocycles. The second-order valence-corrected chi connectivity index (χ2v) is 7.68. The molecule has 3 heterocycles. The Balaban J connectivity index is 1.33. The van der Waals surface area contributed by atoms with Gasteiger partial charge in [0.2, 0.25) is 0 Å². The molecule has 1 aromatic carbocycles. The molecule has 3 aromatic rings. The van der Waals surface area contributed by atoms with Crippen LogP contribution in [0.15, 0.2) is 65.6 Å². The van der Waals surface area contributed by atoms with Crippen molar-refractivity contribution in [2.45, 2.75) is 19.1 Å². The number of alkyl halides is 3. The normalized spacial score (nSPS) is 15.4. The molecule has 1 aliphatic rings. The summed E-state index contributed by atoms with van der Waals surface area (Å²) in [7, 11) is 0. The van der Waals surface area contributed by atoms with Crippen molar-refractivity contribution in [2.24, 2.45) is 0 Å². The van der Waals surface area contributed by atoms with Gasteiger partial charge in [0.1, 0.15) is 5.82 Å². The Labute approximate surface area is 183 Å². The highest BCUT2D eigenvalue weighted by Gasteiger charge is 2.30. The first-order chi connectivity index (χ1) is 15.4. The predicted octanol–water partition coefficient (Wildman–Crippen LogP) is 4.66. The summed E-state index contributed by atoms with van der Waals surface area (Å²) in [6.07, 6.45) is 1.58.